The molecule has 1 unspecified atom stereocenters. The third-order valence-corrected chi connectivity index (χ3v) is 4.73. The van der Waals surface area contributed by atoms with Crippen LogP contribution in [0.1, 0.15) is 30.9 Å². The number of carbonyl (C=O) groups is 1. The van der Waals surface area contributed by atoms with E-state index in [4.69, 9.17) is 5.73 Å². The van der Waals surface area contributed by atoms with Crippen LogP contribution in [0.3, 0.4) is 0 Å². The smallest absolute Gasteiger partial charge is 0.240 e. The van der Waals surface area contributed by atoms with Gasteiger partial charge >= 0.3 is 0 Å². The van der Waals surface area contributed by atoms with Gasteiger partial charge in [-0.15, -0.1) is 11.8 Å². The molecule has 1 aliphatic heterocycles. The Kier molecular flexibility index (Phi) is 2.83. The predicted molar refractivity (Wildman–Crippen MR) is 68.8 cm³/mol. The van der Waals surface area contributed by atoms with Crippen molar-refractivity contribution >= 4 is 17.7 Å². The number of fused-ring (bicyclic) bond motifs is 1. The molecule has 3 rings (SSSR count). The highest BCUT2D eigenvalue weighted by molar-refractivity contribution is 7.99. The zero-order valence-electron chi connectivity index (χ0n) is 9.91. The fourth-order valence-corrected chi connectivity index (χ4v) is 3.34. The second-order valence-electron chi connectivity index (χ2n) is 4.98. The second kappa shape index (κ2) is 4.24. The summed E-state index contributed by atoms with van der Waals surface area (Å²) in [6.45, 7) is 0. The van der Waals surface area contributed by atoms with Crippen molar-refractivity contribution in [3.05, 3.63) is 29.6 Å². The lowest BCUT2D eigenvalue weighted by molar-refractivity contribution is -0.124. The molecule has 1 atom stereocenters. The van der Waals surface area contributed by atoms with Gasteiger partial charge < -0.3 is 11.1 Å². The van der Waals surface area contributed by atoms with Crippen molar-refractivity contribution in [2.24, 2.45) is 5.73 Å². The fraction of sp³-hybridized carbons (Fsp3) is 0.462. The van der Waals surface area contributed by atoms with Crippen molar-refractivity contribution in [3.63, 3.8) is 0 Å². The van der Waals surface area contributed by atoms with E-state index in [0.29, 0.717) is 4.90 Å². The molecule has 1 aliphatic carbocycles. The molecular formula is C13H15FN2OS. The minimum atomic E-state index is -0.669. The molecular weight excluding hydrogens is 251 g/mol. The Hall–Kier alpha value is -1.07. The molecule has 1 heterocycles. The normalized spacial score (nSPS) is 24.2. The number of hydrogen-bond acceptors (Lipinski definition) is 3. The molecule has 0 aromatic heterocycles. The lowest BCUT2D eigenvalue weighted by Gasteiger charge is -2.27. The van der Waals surface area contributed by atoms with Gasteiger partial charge in [0.05, 0.1) is 11.6 Å². The summed E-state index contributed by atoms with van der Waals surface area (Å²) in [6.07, 6.45) is 2.32. The van der Waals surface area contributed by atoms with E-state index in [9.17, 15) is 9.18 Å². The summed E-state index contributed by atoms with van der Waals surface area (Å²) in [5.74, 6) is 0.510. The van der Waals surface area contributed by atoms with Crippen molar-refractivity contribution < 1.29 is 9.18 Å². The second-order valence-corrected chi connectivity index (χ2v) is 6.08. The first kappa shape index (κ1) is 12.0. The number of thioether (sulfide) groups is 1. The van der Waals surface area contributed by atoms with E-state index in [1.807, 2.05) is 6.07 Å². The zero-order valence-corrected chi connectivity index (χ0v) is 10.7. The van der Waals surface area contributed by atoms with Crippen molar-refractivity contribution in [2.75, 3.05) is 5.75 Å². The first-order chi connectivity index (χ1) is 8.60. The number of hydrogen-bond donors (Lipinski definition) is 2. The molecule has 0 radical (unpaired) electrons. The van der Waals surface area contributed by atoms with Crippen LogP contribution in [0, 0.1) is 5.82 Å². The van der Waals surface area contributed by atoms with Crippen LogP contribution in [-0.4, -0.2) is 17.2 Å². The lowest BCUT2D eigenvalue weighted by Crippen LogP contribution is -2.44. The average Bonchev–Trinajstić information content (AvgIpc) is 3.10. The number of carbonyl (C=O) groups excluding carboxylic acids is 1. The van der Waals surface area contributed by atoms with Gasteiger partial charge in [0.25, 0.3) is 0 Å². The van der Waals surface area contributed by atoms with E-state index in [1.54, 1.807) is 6.07 Å². The lowest BCUT2D eigenvalue weighted by atomic mass is 10.0. The average molecular weight is 266 g/mol. The summed E-state index contributed by atoms with van der Waals surface area (Å²) in [6, 6.07) is 4.92. The van der Waals surface area contributed by atoms with E-state index < -0.39 is 5.54 Å². The van der Waals surface area contributed by atoms with Crippen LogP contribution in [0.2, 0.25) is 0 Å². The largest absolute Gasteiger partial charge is 0.348 e. The molecule has 5 heteroatoms. The Morgan fingerprint density at radius 2 is 2.28 bits per heavy atom. The molecule has 1 fully saturated rings. The summed E-state index contributed by atoms with van der Waals surface area (Å²) in [5.41, 5.74) is 6.08. The number of halogens is 1. The Bertz CT molecular complexity index is 502. The first-order valence-corrected chi connectivity index (χ1v) is 7.10. The number of nitrogens with two attached hydrogens (primary N) is 1. The van der Waals surface area contributed by atoms with E-state index >= 15 is 0 Å². The van der Waals surface area contributed by atoms with Crippen molar-refractivity contribution in [3.8, 4) is 0 Å². The molecule has 1 aromatic rings. The molecule has 1 aromatic carbocycles. The van der Waals surface area contributed by atoms with Gasteiger partial charge in [-0.05, 0) is 30.9 Å². The first-order valence-electron chi connectivity index (χ1n) is 6.11. The topological polar surface area (TPSA) is 55.1 Å². The van der Waals surface area contributed by atoms with Crippen LogP contribution < -0.4 is 11.1 Å². The summed E-state index contributed by atoms with van der Waals surface area (Å²) in [5, 5.41) is 2.96. The van der Waals surface area contributed by atoms with Crippen LogP contribution in [0.5, 0.6) is 0 Å². The summed E-state index contributed by atoms with van der Waals surface area (Å²) >= 11 is 1.51. The Balaban J connectivity index is 1.83. The molecule has 1 amide bonds. The summed E-state index contributed by atoms with van der Waals surface area (Å²) in [4.78, 5) is 12.6. The van der Waals surface area contributed by atoms with Crippen molar-refractivity contribution in [2.45, 2.75) is 35.7 Å². The third-order valence-electron chi connectivity index (χ3n) is 3.57. The SMILES string of the molecule is NC1(C(=O)NC2CCSc3c(F)cccc32)CC1. The Morgan fingerprint density at radius 1 is 1.50 bits per heavy atom. The summed E-state index contributed by atoms with van der Waals surface area (Å²) in [7, 11) is 0. The molecule has 18 heavy (non-hydrogen) atoms. The van der Waals surface area contributed by atoms with Crippen LogP contribution >= 0.6 is 11.8 Å². The minimum absolute atomic E-state index is 0.102. The van der Waals surface area contributed by atoms with Crippen molar-refractivity contribution in [1.29, 1.82) is 0 Å². The van der Waals surface area contributed by atoms with Gasteiger partial charge in [-0.1, -0.05) is 12.1 Å². The van der Waals surface area contributed by atoms with E-state index in [-0.39, 0.29) is 17.8 Å². The molecule has 96 valence electrons. The fourth-order valence-electron chi connectivity index (χ4n) is 2.20. The molecule has 3 N–H and O–H groups in total. The maximum absolute atomic E-state index is 13.7. The number of benzene rings is 1. The van der Waals surface area contributed by atoms with Crippen LogP contribution in [0.25, 0.3) is 0 Å². The maximum Gasteiger partial charge on any atom is 0.240 e. The van der Waals surface area contributed by atoms with Crippen LogP contribution in [0.4, 0.5) is 4.39 Å². The van der Waals surface area contributed by atoms with Crippen LogP contribution in [-0.2, 0) is 4.79 Å². The number of rotatable bonds is 2. The van der Waals surface area contributed by atoms with Gasteiger partial charge in [0.1, 0.15) is 5.82 Å². The number of nitrogens with one attached hydrogen (secondary N) is 1. The third kappa shape index (κ3) is 2.01. The number of amides is 1. The Morgan fingerprint density at radius 3 is 3.00 bits per heavy atom. The van der Waals surface area contributed by atoms with Gasteiger partial charge in [-0.3, -0.25) is 4.79 Å². The highest BCUT2D eigenvalue weighted by atomic mass is 32.2. The van der Waals surface area contributed by atoms with Crippen LogP contribution in [0.15, 0.2) is 23.1 Å². The standard InChI is InChI=1S/C13H15FN2OS/c14-9-3-1-2-8-10(4-7-18-11(8)9)16-12(17)13(15)5-6-13/h1-3,10H,4-7,15H2,(H,16,17). The highest BCUT2D eigenvalue weighted by Gasteiger charge is 2.46. The maximum atomic E-state index is 13.7. The molecule has 3 nitrogen and oxygen atoms in total. The zero-order chi connectivity index (χ0) is 12.8. The molecule has 1 saturated carbocycles. The van der Waals surface area contributed by atoms with Crippen molar-refractivity contribution in [1.82, 2.24) is 5.32 Å². The molecule has 2 aliphatic rings. The monoisotopic (exact) mass is 266 g/mol. The van der Waals surface area contributed by atoms with E-state index in [2.05, 4.69) is 5.32 Å². The molecule has 0 bridgehead atoms. The summed E-state index contributed by atoms with van der Waals surface area (Å²) < 4.78 is 13.7. The van der Waals surface area contributed by atoms with Gasteiger partial charge in [0.15, 0.2) is 0 Å². The van der Waals surface area contributed by atoms with Gasteiger partial charge in [0.2, 0.25) is 5.91 Å². The Labute approximate surface area is 109 Å². The highest BCUT2D eigenvalue weighted by Crippen LogP contribution is 2.39. The van der Waals surface area contributed by atoms with Gasteiger partial charge in [-0.25, -0.2) is 4.39 Å². The molecule has 0 spiro atoms. The predicted octanol–water partition coefficient (Wildman–Crippen LogP) is 1.97. The van der Waals surface area contributed by atoms with Gasteiger partial charge in [-0.2, -0.15) is 0 Å². The van der Waals surface area contributed by atoms with E-state index in [0.717, 1.165) is 30.6 Å². The van der Waals surface area contributed by atoms with E-state index in [1.165, 1.54) is 17.8 Å². The minimum Gasteiger partial charge on any atom is -0.348 e. The quantitative estimate of drug-likeness (QED) is 0.860. The van der Waals surface area contributed by atoms with Gasteiger partial charge in [0, 0.05) is 10.6 Å². The molecule has 0 saturated heterocycles.